The van der Waals surface area contributed by atoms with Gasteiger partial charge in [0.25, 0.3) is 0 Å². The Balaban J connectivity index is 1.03. The molecule has 0 saturated carbocycles. The Bertz CT molecular complexity index is 2860. The summed E-state index contributed by atoms with van der Waals surface area (Å²) in [4.78, 5) is 0. The summed E-state index contributed by atoms with van der Waals surface area (Å²) in [5.74, 6) is 0. The van der Waals surface area contributed by atoms with Crippen LogP contribution in [0.4, 0.5) is 0 Å². The second-order valence-corrected chi connectivity index (χ2v) is 12.9. The van der Waals surface area contributed by atoms with Crippen molar-refractivity contribution in [2.45, 2.75) is 0 Å². The molecule has 0 atom stereocenters. The van der Waals surface area contributed by atoms with Gasteiger partial charge in [-0.15, -0.1) is 0 Å². The van der Waals surface area contributed by atoms with Crippen LogP contribution < -0.4 is 0 Å². The van der Waals surface area contributed by atoms with Crippen LogP contribution >= 0.6 is 0 Å². The van der Waals surface area contributed by atoms with Crippen molar-refractivity contribution in [2.75, 3.05) is 0 Å². The van der Waals surface area contributed by atoms with E-state index in [1.807, 2.05) is 12.1 Å². The molecular formula is C48H30O2. The van der Waals surface area contributed by atoms with E-state index in [0.717, 1.165) is 55.0 Å². The van der Waals surface area contributed by atoms with Crippen molar-refractivity contribution in [3.05, 3.63) is 182 Å². The van der Waals surface area contributed by atoms with E-state index in [0.29, 0.717) is 0 Å². The number of rotatable bonds is 5. The van der Waals surface area contributed by atoms with Crippen molar-refractivity contribution < 1.29 is 8.83 Å². The van der Waals surface area contributed by atoms with Gasteiger partial charge in [-0.2, -0.15) is 0 Å². The van der Waals surface area contributed by atoms with E-state index < -0.39 is 0 Å². The maximum absolute atomic E-state index is 6.37. The number of fused-ring (bicyclic) bond motifs is 6. The minimum atomic E-state index is 0.828. The summed E-state index contributed by atoms with van der Waals surface area (Å²) in [5, 5.41) is 4.38. The summed E-state index contributed by atoms with van der Waals surface area (Å²) < 4.78 is 12.7. The topological polar surface area (TPSA) is 26.3 Å². The van der Waals surface area contributed by atoms with Gasteiger partial charge >= 0.3 is 0 Å². The van der Waals surface area contributed by atoms with Gasteiger partial charge in [0.1, 0.15) is 22.3 Å². The minimum absolute atomic E-state index is 0.828. The summed E-state index contributed by atoms with van der Waals surface area (Å²) in [6.07, 6.45) is 0. The van der Waals surface area contributed by atoms with Crippen molar-refractivity contribution in [2.24, 2.45) is 0 Å². The van der Waals surface area contributed by atoms with Crippen LogP contribution in [0.15, 0.2) is 191 Å². The van der Waals surface area contributed by atoms with E-state index in [1.54, 1.807) is 0 Å². The van der Waals surface area contributed by atoms with Gasteiger partial charge in [-0.25, -0.2) is 0 Å². The monoisotopic (exact) mass is 638 g/mol. The van der Waals surface area contributed by atoms with Gasteiger partial charge in [-0.3, -0.25) is 0 Å². The van der Waals surface area contributed by atoms with E-state index in [2.05, 4.69) is 170 Å². The second-order valence-electron chi connectivity index (χ2n) is 12.9. The lowest BCUT2D eigenvalue weighted by atomic mass is 9.94. The van der Waals surface area contributed by atoms with Crippen LogP contribution in [-0.2, 0) is 0 Å². The molecule has 50 heavy (non-hydrogen) atoms. The number of furan rings is 2. The molecule has 0 spiro atoms. The predicted octanol–water partition coefficient (Wildman–Crippen LogP) is 13.8. The van der Waals surface area contributed by atoms with Crippen LogP contribution in [0.5, 0.6) is 0 Å². The molecule has 2 nitrogen and oxygen atoms in total. The van der Waals surface area contributed by atoms with Crippen LogP contribution in [-0.4, -0.2) is 0 Å². The van der Waals surface area contributed by atoms with Gasteiger partial charge < -0.3 is 8.83 Å². The summed E-state index contributed by atoms with van der Waals surface area (Å²) in [7, 11) is 0. The molecule has 0 unspecified atom stereocenters. The highest BCUT2D eigenvalue weighted by Gasteiger charge is 2.15. The van der Waals surface area contributed by atoms with E-state index >= 15 is 0 Å². The lowest BCUT2D eigenvalue weighted by molar-refractivity contribution is 0.656. The van der Waals surface area contributed by atoms with Crippen LogP contribution in [0.3, 0.4) is 0 Å². The zero-order valence-electron chi connectivity index (χ0n) is 27.1. The lowest BCUT2D eigenvalue weighted by Crippen LogP contribution is -1.84. The Kier molecular flexibility index (Phi) is 6.53. The molecule has 10 rings (SSSR count). The molecule has 234 valence electrons. The smallest absolute Gasteiger partial charge is 0.139 e. The van der Waals surface area contributed by atoms with Crippen molar-refractivity contribution in [3.63, 3.8) is 0 Å². The third-order valence-electron chi connectivity index (χ3n) is 9.86. The predicted molar refractivity (Wildman–Crippen MR) is 208 cm³/mol. The van der Waals surface area contributed by atoms with Crippen LogP contribution in [0.25, 0.3) is 99.5 Å². The highest BCUT2D eigenvalue weighted by molar-refractivity contribution is 6.16. The third kappa shape index (κ3) is 4.89. The first kappa shape index (κ1) is 28.4. The Labute approximate surface area is 289 Å². The Morgan fingerprint density at radius 2 is 0.520 bits per heavy atom. The second kappa shape index (κ2) is 11.5. The fraction of sp³-hybridized carbons (Fsp3) is 0. The fourth-order valence-electron chi connectivity index (χ4n) is 7.30. The Hall–Kier alpha value is -6.64. The molecule has 8 aromatic carbocycles. The minimum Gasteiger partial charge on any atom is -0.456 e. The van der Waals surface area contributed by atoms with Crippen molar-refractivity contribution >= 4 is 43.9 Å². The first-order chi connectivity index (χ1) is 24.7. The summed E-state index contributed by atoms with van der Waals surface area (Å²) in [5.41, 5.74) is 15.3. The molecule has 0 aliphatic heterocycles. The molecule has 0 bridgehead atoms. The molecule has 0 radical (unpaired) electrons. The average molecular weight is 639 g/mol. The van der Waals surface area contributed by atoms with Crippen LogP contribution in [0.1, 0.15) is 0 Å². The maximum Gasteiger partial charge on any atom is 0.139 e. The maximum atomic E-state index is 6.37. The summed E-state index contributed by atoms with van der Waals surface area (Å²) >= 11 is 0. The Morgan fingerprint density at radius 1 is 0.200 bits per heavy atom. The zero-order chi connectivity index (χ0) is 33.0. The largest absolute Gasteiger partial charge is 0.456 e. The van der Waals surface area contributed by atoms with Crippen LogP contribution in [0.2, 0.25) is 0 Å². The molecular weight excluding hydrogens is 609 g/mol. The molecule has 2 aromatic heterocycles. The molecule has 0 aliphatic carbocycles. The normalized spacial score (nSPS) is 11.6. The Morgan fingerprint density at radius 3 is 0.940 bits per heavy atom. The van der Waals surface area contributed by atoms with E-state index in [4.69, 9.17) is 8.83 Å². The lowest BCUT2D eigenvalue weighted by Gasteiger charge is -2.10. The molecule has 0 amide bonds. The molecule has 2 heterocycles. The van der Waals surface area contributed by atoms with E-state index in [-0.39, 0.29) is 0 Å². The van der Waals surface area contributed by atoms with E-state index in [9.17, 15) is 0 Å². The van der Waals surface area contributed by atoms with Gasteiger partial charge in [0.15, 0.2) is 0 Å². The first-order valence-corrected chi connectivity index (χ1v) is 17.0. The number of benzene rings is 8. The highest BCUT2D eigenvalue weighted by atomic mass is 16.3. The average Bonchev–Trinajstić information content (AvgIpc) is 3.74. The first-order valence-electron chi connectivity index (χ1n) is 17.0. The van der Waals surface area contributed by atoms with E-state index in [1.165, 1.54) is 44.5 Å². The van der Waals surface area contributed by atoms with Crippen molar-refractivity contribution in [1.29, 1.82) is 0 Å². The number of hydrogen-bond acceptors (Lipinski definition) is 2. The fourth-order valence-corrected chi connectivity index (χ4v) is 7.30. The quantitative estimate of drug-likeness (QED) is 0.187. The van der Waals surface area contributed by atoms with Gasteiger partial charge in [0.2, 0.25) is 0 Å². The van der Waals surface area contributed by atoms with Crippen molar-refractivity contribution in [3.8, 4) is 55.6 Å². The summed E-state index contributed by atoms with van der Waals surface area (Å²) in [6.45, 7) is 0. The van der Waals surface area contributed by atoms with Gasteiger partial charge in [0, 0.05) is 27.6 Å². The van der Waals surface area contributed by atoms with Gasteiger partial charge in [-0.05, 0) is 104 Å². The molecule has 0 aliphatic rings. The molecule has 10 aromatic rings. The third-order valence-corrected chi connectivity index (χ3v) is 9.86. The molecule has 2 heteroatoms. The van der Waals surface area contributed by atoms with Crippen molar-refractivity contribution in [1.82, 2.24) is 0 Å². The number of hydrogen-bond donors (Lipinski definition) is 0. The molecule has 0 saturated heterocycles. The SMILES string of the molecule is c1ccc(-c2cccc(-c3cccc(-c4cccc(-c5ccc6oc7cc8oc9ccc(-c%10ccccc%10)cc9c8cc7c6c5)c4)c3)c2)cc1. The zero-order valence-corrected chi connectivity index (χ0v) is 27.1. The molecule has 0 N–H and O–H groups in total. The van der Waals surface area contributed by atoms with Gasteiger partial charge in [0.05, 0.1) is 0 Å². The summed E-state index contributed by atoms with van der Waals surface area (Å²) in [6, 6.07) is 64.7. The highest BCUT2D eigenvalue weighted by Crippen LogP contribution is 2.40. The molecule has 0 fully saturated rings. The van der Waals surface area contributed by atoms with Crippen LogP contribution in [0, 0.1) is 0 Å². The standard InChI is InChI=1S/C48H30O2/c1-3-10-31(11-4-1)33-14-7-15-34(24-33)35-16-8-17-36(25-35)37-18-9-19-38(26-37)40-21-23-46-42(28-40)44-29-43-41-27-39(32-12-5-2-6-13-32)20-22-45(41)49-47(43)30-48(44)50-46/h1-30H. The van der Waals surface area contributed by atoms with Gasteiger partial charge in [-0.1, -0.05) is 127 Å².